The Hall–Kier alpha value is -7.30. The molecule has 0 fully saturated rings. The number of hydrogen-bond acceptors (Lipinski definition) is 4. The van der Waals surface area contributed by atoms with E-state index in [-0.39, 0.29) is 5.92 Å². The van der Waals surface area contributed by atoms with Gasteiger partial charge in [-0.3, -0.25) is 0 Å². The number of para-hydroxylation sites is 5. The number of benzene rings is 7. The van der Waals surface area contributed by atoms with Gasteiger partial charge in [0.2, 0.25) is 0 Å². The van der Waals surface area contributed by atoms with Gasteiger partial charge in [0.1, 0.15) is 28.1 Å². The first kappa shape index (κ1) is 32.2. The number of fused-ring (bicyclic) bond motifs is 10. The van der Waals surface area contributed by atoms with Crippen molar-refractivity contribution in [2.45, 2.75) is 12.3 Å². The highest BCUT2D eigenvalue weighted by atomic mass is 16.3. The molecule has 1 atom stereocenters. The number of furan rings is 3. The summed E-state index contributed by atoms with van der Waals surface area (Å²) in [5, 5.41) is 7.80. The van der Waals surface area contributed by atoms with Crippen LogP contribution in [-0.4, -0.2) is 0 Å². The molecule has 0 spiro atoms. The number of allylic oxidation sites excluding steroid dienone is 5. The van der Waals surface area contributed by atoms with Crippen LogP contribution in [0, 0.1) is 0 Å². The topological polar surface area (TPSA) is 42.7 Å². The molecule has 1 aliphatic rings. The minimum Gasteiger partial charge on any atom is -0.460 e. The van der Waals surface area contributed by atoms with Gasteiger partial charge in [0.25, 0.3) is 0 Å². The van der Waals surface area contributed by atoms with E-state index in [1.807, 2.05) is 30.3 Å². The normalized spacial score (nSPS) is 14.6. The van der Waals surface area contributed by atoms with Crippen molar-refractivity contribution in [1.29, 1.82) is 0 Å². The monoisotopic (exact) mass is 721 g/mol. The summed E-state index contributed by atoms with van der Waals surface area (Å²) in [5.74, 6) is 1.10. The Balaban J connectivity index is 1.10. The van der Waals surface area contributed by atoms with Crippen LogP contribution in [0.1, 0.15) is 23.7 Å². The molecule has 4 heteroatoms. The van der Waals surface area contributed by atoms with Crippen molar-refractivity contribution in [2.75, 3.05) is 4.90 Å². The van der Waals surface area contributed by atoms with Crippen LogP contribution in [0.3, 0.4) is 0 Å². The van der Waals surface area contributed by atoms with Gasteiger partial charge in [0.15, 0.2) is 5.58 Å². The van der Waals surface area contributed by atoms with Crippen molar-refractivity contribution in [2.24, 2.45) is 0 Å². The summed E-state index contributed by atoms with van der Waals surface area (Å²) in [5.41, 5.74) is 10.2. The molecule has 1 aliphatic carbocycles. The Labute approximate surface area is 323 Å². The summed E-state index contributed by atoms with van der Waals surface area (Å²) in [6.45, 7) is 4.37. The number of anilines is 2. The largest absolute Gasteiger partial charge is 0.460 e. The highest BCUT2D eigenvalue weighted by Crippen LogP contribution is 2.46. The predicted octanol–water partition coefficient (Wildman–Crippen LogP) is 15.0. The first-order valence-electron chi connectivity index (χ1n) is 19.1. The Morgan fingerprint density at radius 1 is 0.571 bits per heavy atom. The average Bonchev–Trinajstić information content (AvgIpc) is 3.94. The van der Waals surface area contributed by atoms with Gasteiger partial charge < -0.3 is 18.2 Å². The number of rotatable bonds is 7. The predicted molar refractivity (Wildman–Crippen MR) is 233 cm³/mol. The molecule has 4 nitrogen and oxygen atoms in total. The molecule has 0 saturated heterocycles. The zero-order valence-electron chi connectivity index (χ0n) is 30.5. The van der Waals surface area contributed by atoms with Crippen molar-refractivity contribution < 1.29 is 13.3 Å². The van der Waals surface area contributed by atoms with E-state index < -0.39 is 0 Å². The van der Waals surface area contributed by atoms with Crippen LogP contribution in [0.25, 0.3) is 82.8 Å². The van der Waals surface area contributed by atoms with E-state index in [2.05, 4.69) is 163 Å². The molecule has 0 bridgehead atoms. The third kappa shape index (κ3) is 5.07. The van der Waals surface area contributed by atoms with Gasteiger partial charge in [-0.1, -0.05) is 140 Å². The zero-order chi connectivity index (χ0) is 37.2. The van der Waals surface area contributed by atoms with E-state index in [0.29, 0.717) is 0 Å². The van der Waals surface area contributed by atoms with Crippen LogP contribution in [-0.2, 0) is 0 Å². The maximum atomic E-state index is 6.77. The SMILES string of the molecule is C=C/C(=C\C=C\C1CC=Cc2c1oc1ccccc21)N(c1ccccc1-c1cccc2c1oc1cc3ccccc3cc12)c1cccc2c1oc1ccccc12. The standard InChI is InChI=1S/C52H35NO3/c1-2-36(19-11-17-33-18-12-23-41-38-21-6-9-29-47(38)54-50(33)41)53(46-28-14-26-42-39-22-7-10-30-48(39)55-52(42)46)45-27-8-5-20-37(45)40-24-13-25-43-44-31-34-15-3-4-16-35(34)32-49(44)56-51(40)43/h2-17,19-33H,1,18H2/b17-11+,36-19+. The molecule has 0 saturated carbocycles. The van der Waals surface area contributed by atoms with E-state index >= 15 is 0 Å². The first-order chi connectivity index (χ1) is 27.7. The molecular formula is C52H35NO3. The summed E-state index contributed by atoms with van der Waals surface area (Å²) in [6, 6.07) is 50.6. The molecule has 7 aromatic carbocycles. The van der Waals surface area contributed by atoms with E-state index in [4.69, 9.17) is 13.3 Å². The van der Waals surface area contributed by atoms with E-state index in [0.717, 1.165) is 106 Å². The summed E-state index contributed by atoms with van der Waals surface area (Å²) < 4.78 is 19.9. The summed E-state index contributed by atoms with van der Waals surface area (Å²) in [4.78, 5) is 2.26. The molecule has 1 unspecified atom stereocenters. The summed E-state index contributed by atoms with van der Waals surface area (Å²) in [7, 11) is 0. The quantitative estimate of drug-likeness (QED) is 0.154. The number of nitrogens with zero attached hydrogens (tertiary/aromatic N) is 1. The second-order valence-corrected chi connectivity index (χ2v) is 14.4. The van der Waals surface area contributed by atoms with Gasteiger partial charge in [-0.2, -0.15) is 0 Å². The Morgan fingerprint density at radius 2 is 1.21 bits per heavy atom. The van der Waals surface area contributed by atoms with Crippen molar-refractivity contribution in [3.05, 3.63) is 200 Å². The van der Waals surface area contributed by atoms with Crippen LogP contribution in [0.15, 0.2) is 202 Å². The third-order valence-corrected chi connectivity index (χ3v) is 11.2. The molecule has 3 heterocycles. The van der Waals surface area contributed by atoms with Gasteiger partial charge in [-0.15, -0.1) is 0 Å². The molecule has 266 valence electrons. The van der Waals surface area contributed by atoms with Gasteiger partial charge in [-0.25, -0.2) is 0 Å². The number of hydrogen-bond donors (Lipinski definition) is 0. The summed E-state index contributed by atoms with van der Waals surface area (Å²) >= 11 is 0. The van der Waals surface area contributed by atoms with E-state index in [9.17, 15) is 0 Å². The van der Waals surface area contributed by atoms with Crippen LogP contribution in [0.4, 0.5) is 11.4 Å². The minimum absolute atomic E-state index is 0.103. The smallest absolute Gasteiger partial charge is 0.159 e. The molecule has 0 aliphatic heterocycles. The van der Waals surface area contributed by atoms with E-state index in [1.165, 1.54) is 5.39 Å². The molecule has 56 heavy (non-hydrogen) atoms. The highest BCUT2D eigenvalue weighted by molar-refractivity contribution is 6.15. The molecule has 0 amide bonds. The Kier molecular flexibility index (Phi) is 7.42. The van der Waals surface area contributed by atoms with Gasteiger partial charge >= 0.3 is 0 Å². The molecule has 11 rings (SSSR count). The van der Waals surface area contributed by atoms with Gasteiger partial charge in [0, 0.05) is 55.2 Å². The second-order valence-electron chi connectivity index (χ2n) is 14.4. The third-order valence-electron chi connectivity index (χ3n) is 11.2. The zero-order valence-corrected chi connectivity index (χ0v) is 30.5. The fraction of sp³-hybridized carbons (Fsp3) is 0.0385. The molecule has 0 N–H and O–H groups in total. The van der Waals surface area contributed by atoms with Gasteiger partial charge in [-0.05, 0) is 65.7 Å². The lowest BCUT2D eigenvalue weighted by molar-refractivity contribution is 0.522. The lowest BCUT2D eigenvalue weighted by atomic mass is 9.92. The second kappa shape index (κ2) is 12.9. The summed E-state index contributed by atoms with van der Waals surface area (Å²) in [6.07, 6.45) is 13.7. The van der Waals surface area contributed by atoms with E-state index in [1.54, 1.807) is 0 Å². The fourth-order valence-electron chi connectivity index (χ4n) is 8.57. The van der Waals surface area contributed by atoms with Crippen molar-refractivity contribution in [1.82, 2.24) is 0 Å². The van der Waals surface area contributed by atoms with Gasteiger partial charge in [0.05, 0.1) is 11.4 Å². The maximum absolute atomic E-state index is 6.77. The van der Waals surface area contributed by atoms with Crippen LogP contribution >= 0.6 is 0 Å². The lowest BCUT2D eigenvalue weighted by Gasteiger charge is -2.28. The molecule has 3 aromatic heterocycles. The van der Waals surface area contributed by atoms with Crippen molar-refractivity contribution >= 4 is 83.1 Å². The Morgan fingerprint density at radius 3 is 2.07 bits per heavy atom. The lowest BCUT2D eigenvalue weighted by Crippen LogP contribution is -2.16. The minimum atomic E-state index is 0.103. The van der Waals surface area contributed by atoms with Crippen molar-refractivity contribution in [3.63, 3.8) is 0 Å². The molecular weight excluding hydrogens is 687 g/mol. The fourth-order valence-corrected chi connectivity index (χ4v) is 8.57. The van der Waals surface area contributed by atoms with Crippen LogP contribution < -0.4 is 4.90 Å². The maximum Gasteiger partial charge on any atom is 0.159 e. The molecule has 0 radical (unpaired) electrons. The first-order valence-corrected chi connectivity index (χ1v) is 19.1. The van der Waals surface area contributed by atoms with Crippen LogP contribution in [0.2, 0.25) is 0 Å². The molecule has 10 aromatic rings. The van der Waals surface area contributed by atoms with Crippen LogP contribution in [0.5, 0.6) is 0 Å². The highest BCUT2D eigenvalue weighted by Gasteiger charge is 2.25. The Bertz CT molecular complexity index is 3270. The van der Waals surface area contributed by atoms with Crippen molar-refractivity contribution in [3.8, 4) is 11.1 Å². The average molecular weight is 722 g/mol.